The van der Waals surface area contributed by atoms with Crippen molar-refractivity contribution in [2.45, 2.75) is 27.2 Å². The van der Waals surface area contributed by atoms with Gasteiger partial charge in [0, 0.05) is 17.5 Å². The van der Waals surface area contributed by atoms with Gasteiger partial charge in [-0.25, -0.2) is 0 Å². The van der Waals surface area contributed by atoms with Gasteiger partial charge >= 0.3 is 0 Å². The van der Waals surface area contributed by atoms with Crippen LogP contribution in [0.1, 0.15) is 27.8 Å². The van der Waals surface area contributed by atoms with Crippen LogP contribution in [-0.2, 0) is 6.42 Å². The fraction of sp³-hybridized carbons (Fsp3) is 0.200. The van der Waals surface area contributed by atoms with Crippen LogP contribution in [0.25, 0.3) is 22.5 Å². The highest BCUT2D eigenvalue weighted by Gasteiger charge is 2.23. The molecule has 0 fully saturated rings. The molecule has 0 radical (unpaired) electrons. The number of benzene rings is 2. The van der Waals surface area contributed by atoms with Gasteiger partial charge in [0.15, 0.2) is 0 Å². The summed E-state index contributed by atoms with van der Waals surface area (Å²) >= 11 is 0. The second-order valence-electron chi connectivity index (χ2n) is 6.15. The predicted molar refractivity (Wildman–Crippen MR) is 86.6 cm³/mol. The minimum absolute atomic E-state index is 0.992. The summed E-state index contributed by atoms with van der Waals surface area (Å²) < 4.78 is 5.72. The average molecular weight is 274 g/mol. The molecule has 1 aliphatic carbocycles. The van der Waals surface area contributed by atoms with Crippen LogP contribution in [-0.4, -0.2) is 0 Å². The molecule has 0 saturated carbocycles. The van der Waals surface area contributed by atoms with Gasteiger partial charge in [-0.3, -0.25) is 0 Å². The Morgan fingerprint density at radius 1 is 0.857 bits per heavy atom. The van der Waals surface area contributed by atoms with Crippen molar-refractivity contribution in [2.24, 2.45) is 0 Å². The molecule has 0 bridgehead atoms. The quantitative estimate of drug-likeness (QED) is 0.450. The van der Waals surface area contributed by atoms with Crippen molar-refractivity contribution in [3.63, 3.8) is 0 Å². The molecule has 1 aliphatic rings. The van der Waals surface area contributed by atoms with Crippen molar-refractivity contribution < 1.29 is 4.42 Å². The Morgan fingerprint density at radius 3 is 2.38 bits per heavy atom. The van der Waals surface area contributed by atoms with E-state index in [1.807, 2.05) is 6.26 Å². The van der Waals surface area contributed by atoms with E-state index < -0.39 is 0 Å². The molecule has 0 spiro atoms. The molecule has 0 unspecified atom stereocenters. The van der Waals surface area contributed by atoms with E-state index >= 15 is 0 Å². The van der Waals surface area contributed by atoms with Crippen molar-refractivity contribution in [3.05, 3.63) is 70.5 Å². The Labute approximate surface area is 125 Å². The highest BCUT2D eigenvalue weighted by Crippen LogP contribution is 2.41. The Hall–Kier alpha value is -2.28. The molecule has 1 nitrogen and oxygen atoms in total. The van der Waals surface area contributed by atoms with E-state index in [0.29, 0.717) is 0 Å². The van der Waals surface area contributed by atoms with Gasteiger partial charge in [0.1, 0.15) is 5.76 Å². The zero-order valence-corrected chi connectivity index (χ0v) is 12.7. The molecular weight excluding hydrogens is 256 g/mol. The van der Waals surface area contributed by atoms with E-state index in [1.54, 1.807) is 0 Å². The first-order valence-corrected chi connectivity index (χ1v) is 7.41. The highest BCUT2D eigenvalue weighted by atomic mass is 16.3. The van der Waals surface area contributed by atoms with Crippen molar-refractivity contribution in [1.29, 1.82) is 0 Å². The Morgan fingerprint density at radius 2 is 1.62 bits per heavy atom. The SMILES string of the molecule is Cc1cc(C)cc(-c2ccc3c(c2)Cc2c(C)coc2-3)c1. The average Bonchev–Trinajstić information content (AvgIpc) is 2.97. The van der Waals surface area contributed by atoms with Gasteiger partial charge in [-0.05, 0) is 43.0 Å². The van der Waals surface area contributed by atoms with Crippen molar-refractivity contribution in [1.82, 2.24) is 0 Å². The van der Waals surface area contributed by atoms with Crippen molar-refractivity contribution in [3.8, 4) is 22.5 Å². The monoisotopic (exact) mass is 274 g/mol. The van der Waals surface area contributed by atoms with Gasteiger partial charge in [-0.2, -0.15) is 0 Å². The number of rotatable bonds is 1. The molecule has 1 heteroatoms. The van der Waals surface area contributed by atoms with Gasteiger partial charge in [0.2, 0.25) is 0 Å². The van der Waals surface area contributed by atoms with Crippen LogP contribution in [0.5, 0.6) is 0 Å². The number of hydrogen-bond donors (Lipinski definition) is 0. The standard InChI is InChI=1S/C20H18O/c1-12-6-13(2)8-16(7-12)15-4-5-18-17(9-15)10-19-14(3)11-21-20(18)19/h4-9,11H,10H2,1-3H3. The number of hydrogen-bond acceptors (Lipinski definition) is 1. The topological polar surface area (TPSA) is 13.1 Å². The minimum Gasteiger partial charge on any atom is -0.464 e. The normalized spacial score (nSPS) is 12.3. The molecule has 0 aliphatic heterocycles. The summed E-state index contributed by atoms with van der Waals surface area (Å²) in [6.07, 6.45) is 2.86. The Kier molecular flexibility index (Phi) is 2.58. The molecule has 4 rings (SSSR count). The summed E-state index contributed by atoms with van der Waals surface area (Å²) in [5.41, 5.74) is 10.5. The lowest BCUT2D eigenvalue weighted by molar-refractivity contribution is 0.580. The van der Waals surface area contributed by atoms with Gasteiger partial charge in [-0.15, -0.1) is 0 Å². The molecule has 1 heterocycles. The summed E-state index contributed by atoms with van der Waals surface area (Å²) in [5.74, 6) is 1.06. The third-order valence-corrected chi connectivity index (χ3v) is 4.38. The van der Waals surface area contributed by atoms with Gasteiger partial charge < -0.3 is 4.42 Å². The second kappa shape index (κ2) is 4.36. The number of furan rings is 1. The predicted octanol–water partition coefficient (Wildman–Crippen LogP) is 5.44. The molecule has 21 heavy (non-hydrogen) atoms. The zero-order valence-electron chi connectivity index (χ0n) is 12.7. The first-order valence-electron chi connectivity index (χ1n) is 7.41. The van der Waals surface area contributed by atoms with Crippen LogP contribution in [0, 0.1) is 20.8 Å². The fourth-order valence-corrected chi connectivity index (χ4v) is 3.39. The van der Waals surface area contributed by atoms with Gasteiger partial charge in [0.25, 0.3) is 0 Å². The number of fused-ring (bicyclic) bond motifs is 3. The fourth-order valence-electron chi connectivity index (χ4n) is 3.39. The summed E-state index contributed by atoms with van der Waals surface area (Å²) in [6.45, 7) is 6.43. The highest BCUT2D eigenvalue weighted by molar-refractivity contribution is 5.78. The smallest absolute Gasteiger partial charge is 0.137 e. The van der Waals surface area contributed by atoms with Gasteiger partial charge in [-0.1, -0.05) is 47.5 Å². The van der Waals surface area contributed by atoms with E-state index in [0.717, 1.165) is 12.2 Å². The first-order chi connectivity index (χ1) is 10.1. The largest absolute Gasteiger partial charge is 0.464 e. The molecule has 0 N–H and O–H groups in total. The van der Waals surface area contributed by atoms with Crippen LogP contribution in [0.4, 0.5) is 0 Å². The van der Waals surface area contributed by atoms with Crippen LogP contribution in [0.3, 0.4) is 0 Å². The van der Waals surface area contributed by atoms with Crippen LogP contribution in [0.15, 0.2) is 47.1 Å². The molecular formula is C20H18O. The summed E-state index contributed by atoms with van der Waals surface area (Å²) in [6, 6.07) is 13.5. The maximum atomic E-state index is 5.72. The molecule has 104 valence electrons. The first kappa shape index (κ1) is 12.5. The molecule has 0 saturated heterocycles. The lowest BCUT2D eigenvalue weighted by Crippen LogP contribution is -1.87. The lowest BCUT2D eigenvalue weighted by atomic mass is 9.97. The number of aryl methyl sites for hydroxylation is 3. The molecule has 0 atom stereocenters. The van der Waals surface area contributed by atoms with E-state index in [2.05, 4.69) is 57.2 Å². The maximum absolute atomic E-state index is 5.72. The Balaban J connectivity index is 1.82. The van der Waals surface area contributed by atoms with Gasteiger partial charge in [0.05, 0.1) is 6.26 Å². The summed E-state index contributed by atoms with van der Waals surface area (Å²) in [7, 11) is 0. The van der Waals surface area contributed by atoms with E-state index in [-0.39, 0.29) is 0 Å². The van der Waals surface area contributed by atoms with E-state index in [9.17, 15) is 0 Å². The van der Waals surface area contributed by atoms with Crippen LogP contribution < -0.4 is 0 Å². The Bertz CT molecular complexity index is 832. The third kappa shape index (κ3) is 1.92. The lowest BCUT2D eigenvalue weighted by Gasteiger charge is -2.08. The second-order valence-corrected chi connectivity index (χ2v) is 6.15. The van der Waals surface area contributed by atoms with E-state index in [1.165, 1.54) is 44.5 Å². The molecule has 2 aromatic carbocycles. The van der Waals surface area contributed by atoms with Crippen molar-refractivity contribution >= 4 is 0 Å². The van der Waals surface area contributed by atoms with Crippen LogP contribution in [0.2, 0.25) is 0 Å². The molecule has 0 amide bonds. The minimum atomic E-state index is 0.992. The summed E-state index contributed by atoms with van der Waals surface area (Å²) in [4.78, 5) is 0. The van der Waals surface area contributed by atoms with Crippen LogP contribution >= 0.6 is 0 Å². The zero-order chi connectivity index (χ0) is 14.6. The van der Waals surface area contributed by atoms with Crippen molar-refractivity contribution in [2.75, 3.05) is 0 Å². The molecule has 3 aromatic rings. The molecule has 1 aromatic heterocycles. The van der Waals surface area contributed by atoms with E-state index in [4.69, 9.17) is 4.42 Å². The summed E-state index contributed by atoms with van der Waals surface area (Å²) in [5, 5.41) is 0. The maximum Gasteiger partial charge on any atom is 0.137 e. The third-order valence-electron chi connectivity index (χ3n) is 4.38.